The quantitative estimate of drug-likeness (QED) is 0.667. The zero-order chi connectivity index (χ0) is 12.3. The van der Waals surface area contributed by atoms with E-state index in [1.807, 2.05) is 0 Å². The molecule has 0 aliphatic carbocycles. The van der Waals surface area contributed by atoms with Crippen LogP contribution in [0, 0.1) is 0 Å². The molecule has 0 heterocycles. The van der Waals surface area contributed by atoms with Gasteiger partial charge in [0.05, 0.1) is 5.66 Å². The fraction of sp³-hybridized carbons (Fsp3) is 0.400. The first kappa shape index (κ1) is 13.5. The fourth-order valence-electron chi connectivity index (χ4n) is 1.49. The van der Waals surface area contributed by atoms with Gasteiger partial charge >= 0.3 is 7.60 Å². The highest BCUT2D eigenvalue weighted by atomic mass is 35.5. The average molecular weight is 264 g/mol. The maximum atomic E-state index is 12.2. The van der Waals surface area contributed by atoms with Gasteiger partial charge in [0.25, 0.3) is 0 Å². The Morgan fingerprint density at radius 2 is 1.94 bits per heavy atom. The van der Waals surface area contributed by atoms with Crippen LogP contribution in [0.15, 0.2) is 18.2 Å². The third-order valence-electron chi connectivity index (χ3n) is 2.48. The summed E-state index contributed by atoms with van der Waals surface area (Å²) in [6, 6.07) is 5.04. The first-order chi connectivity index (χ1) is 7.44. The second-order valence-electron chi connectivity index (χ2n) is 3.35. The molecular formula is C10H15ClNO3P. The molecule has 4 nitrogen and oxygen atoms in total. The smallest absolute Gasteiger partial charge is 0.337 e. The second-order valence-corrected chi connectivity index (χ2v) is 6.38. The van der Waals surface area contributed by atoms with Crippen molar-refractivity contribution in [3.05, 3.63) is 28.8 Å². The van der Waals surface area contributed by atoms with Crippen molar-refractivity contribution in [1.29, 1.82) is 0 Å². The molecule has 1 aromatic rings. The number of halogens is 1. The third kappa shape index (κ3) is 2.58. The van der Waals surface area contributed by atoms with Crippen molar-refractivity contribution < 1.29 is 13.6 Å². The summed E-state index contributed by atoms with van der Waals surface area (Å²) in [7, 11) is -0.451. The Labute approximate surface area is 100 Å². The van der Waals surface area contributed by atoms with Crippen LogP contribution in [-0.4, -0.2) is 14.2 Å². The molecule has 0 aromatic heterocycles. The minimum Gasteiger partial charge on any atom is -0.398 e. The monoisotopic (exact) mass is 263 g/mol. The molecule has 90 valence electrons. The molecule has 0 saturated carbocycles. The van der Waals surface area contributed by atoms with Crippen LogP contribution in [0.1, 0.15) is 18.1 Å². The number of anilines is 1. The van der Waals surface area contributed by atoms with E-state index in [0.29, 0.717) is 16.3 Å². The maximum absolute atomic E-state index is 12.2. The van der Waals surface area contributed by atoms with Crippen molar-refractivity contribution in [2.24, 2.45) is 0 Å². The van der Waals surface area contributed by atoms with E-state index in [-0.39, 0.29) is 0 Å². The van der Waals surface area contributed by atoms with Crippen molar-refractivity contribution >= 4 is 24.9 Å². The summed E-state index contributed by atoms with van der Waals surface area (Å²) < 4.78 is 22.0. The molecule has 2 N–H and O–H groups in total. The minimum atomic E-state index is -3.16. The minimum absolute atomic E-state index is 0.431. The SMILES string of the molecule is COP(=O)(OC)C(C)c1ccc(Cl)cc1N. The Bertz CT molecular complexity index is 417. The van der Waals surface area contributed by atoms with Gasteiger partial charge in [-0.1, -0.05) is 17.7 Å². The van der Waals surface area contributed by atoms with Crippen LogP contribution in [0.3, 0.4) is 0 Å². The maximum Gasteiger partial charge on any atom is 0.337 e. The summed E-state index contributed by atoms with van der Waals surface area (Å²) >= 11 is 5.79. The zero-order valence-corrected chi connectivity index (χ0v) is 11.1. The fourth-order valence-corrected chi connectivity index (χ4v) is 3.03. The summed E-state index contributed by atoms with van der Waals surface area (Å²) in [6.07, 6.45) is 0. The number of rotatable bonds is 4. The van der Waals surface area contributed by atoms with E-state index in [1.54, 1.807) is 25.1 Å². The van der Waals surface area contributed by atoms with Crippen LogP contribution in [-0.2, 0) is 13.6 Å². The lowest BCUT2D eigenvalue weighted by molar-refractivity contribution is 0.267. The van der Waals surface area contributed by atoms with Gasteiger partial charge in [-0.25, -0.2) is 0 Å². The largest absolute Gasteiger partial charge is 0.398 e. The number of hydrogen-bond acceptors (Lipinski definition) is 4. The van der Waals surface area contributed by atoms with E-state index < -0.39 is 13.3 Å². The molecule has 16 heavy (non-hydrogen) atoms. The highest BCUT2D eigenvalue weighted by Gasteiger charge is 2.32. The van der Waals surface area contributed by atoms with Gasteiger partial charge in [-0.3, -0.25) is 4.57 Å². The third-order valence-corrected chi connectivity index (χ3v) is 4.96. The van der Waals surface area contributed by atoms with Crippen LogP contribution >= 0.6 is 19.2 Å². The Morgan fingerprint density at radius 1 is 1.38 bits per heavy atom. The molecule has 1 unspecified atom stereocenters. The number of nitrogen functional groups attached to an aromatic ring is 1. The second kappa shape index (κ2) is 5.19. The summed E-state index contributed by atoms with van der Waals surface area (Å²) in [6.45, 7) is 1.74. The van der Waals surface area contributed by atoms with Gasteiger partial charge in [0.15, 0.2) is 0 Å². The Kier molecular flexibility index (Phi) is 4.39. The predicted octanol–water partition coefficient (Wildman–Crippen LogP) is 3.47. The molecule has 0 fully saturated rings. The zero-order valence-electron chi connectivity index (χ0n) is 9.44. The molecule has 0 bridgehead atoms. The molecule has 1 atom stereocenters. The number of hydrogen-bond donors (Lipinski definition) is 1. The molecule has 1 rings (SSSR count). The molecule has 0 saturated heterocycles. The lowest BCUT2D eigenvalue weighted by Crippen LogP contribution is -2.03. The van der Waals surface area contributed by atoms with Gasteiger partial charge in [-0.15, -0.1) is 0 Å². The molecule has 0 spiro atoms. The highest BCUT2D eigenvalue weighted by molar-refractivity contribution is 7.54. The van der Waals surface area contributed by atoms with Crippen molar-refractivity contribution in [1.82, 2.24) is 0 Å². The summed E-state index contributed by atoms with van der Waals surface area (Å²) in [5, 5.41) is 0.540. The predicted molar refractivity (Wildman–Crippen MR) is 65.9 cm³/mol. The standard InChI is InChI=1S/C10H15ClNO3P/c1-7(16(13,14-2)15-3)9-5-4-8(11)6-10(9)12/h4-7H,12H2,1-3H3. The van der Waals surface area contributed by atoms with Gasteiger partial charge in [0.1, 0.15) is 0 Å². The van der Waals surface area contributed by atoms with Gasteiger partial charge in [0, 0.05) is 24.9 Å². The van der Waals surface area contributed by atoms with E-state index in [0.717, 1.165) is 0 Å². The Balaban J connectivity index is 3.14. The van der Waals surface area contributed by atoms with Crippen LogP contribution in [0.25, 0.3) is 0 Å². The van der Waals surface area contributed by atoms with E-state index in [9.17, 15) is 4.57 Å². The Morgan fingerprint density at radius 3 is 2.38 bits per heavy atom. The summed E-state index contributed by atoms with van der Waals surface area (Å²) in [5.41, 5.74) is 6.57. The van der Waals surface area contributed by atoms with E-state index in [2.05, 4.69) is 0 Å². The van der Waals surface area contributed by atoms with Crippen molar-refractivity contribution in [3.63, 3.8) is 0 Å². The molecule has 0 aliphatic rings. The first-order valence-corrected chi connectivity index (χ1v) is 6.69. The average Bonchev–Trinajstić information content (AvgIpc) is 2.27. The van der Waals surface area contributed by atoms with E-state index in [4.69, 9.17) is 26.4 Å². The summed E-state index contributed by atoms with van der Waals surface area (Å²) in [4.78, 5) is 0. The normalized spacial score (nSPS) is 13.8. The van der Waals surface area contributed by atoms with Crippen LogP contribution in [0.2, 0.25) is 5.02 Å². The van der Waals surface area contributed by atoms with E-state index >= 15 is 0 Å². The lowest BCUT2D eigenvalue weighted by Gasteiger charge is -2.22. The highest BCUT2D eigenvalue weighted by Crippen LogP contribution is 2.60. The summed E-state index contributed by atoms with van der Waals surface area (Å²) in [5.74, 6) is 0. The molecule has 1 aromatic carbocycles. The van der Waals surface area contributed by atoms with E-state index in [1.165, 1.54) is 14.2 Å². The number of nitrogens with two attached hydrogens (primary N) is 1. The van der Waals surface area contributed by atoms with Crippen LogP contribution < -0.4 is 5.73 Å². The topological polar surface area (TPSA) is 61.5 Å². The van der Waals surface area contributed by atoms with Crippen LogP contribution in [0.4, 0.5) is 5.69 Å². The molecule has 6 heteroatoms. The number of benzene rings is 1. The molecule has 0 amide bonds. The van der Waals surface area contributed by atoms with Gasteiger partial charge in [-0.05, 0) is 24.6 Å². The van der Waals surface area contributed by atoms with Gasteiger partial charge in [-0.2, -0.15) is 0 Å². The van der Waals surface area contributed by atoms with Gasteiger partial charge < -0.3 is 14.8 Å². The first-order valence-electron chi connectivity index (χ1n) is 4.70. The van der Waals surface area contributed by atoms with Crippen molar-refractivity contribution in [2.75, 3.05) is 20.0 Å². The van der Waals surface area contributed by atoms with Crippen molar-refractivity contribution in [3.8, 4) is 0 Å². The molecule has 0 aliphatic heterocycles. The van der Waals surface area contributed by atoms with Gasteiger partial charge in [0.2, 0.25) is 0 Å². The lowest BCUT2D eigenvalue weighted by atomic mass is 10.1. The molecular weight excluding hydrogens is 249 g/mol. The Hall–Kier alpha value is -0.540. The molecule has 0 radical (unpaired) electrons. The van der Waals surface area contributed by atoms with Crippen LogP contribution in [0.5, 0.6) is 0 Å². The van der Waals surface area contributed by atoms with Crippen molar-refractivity contribution in [2.45, 2.75) is 12.6 Å².